The molecule has 3 unspecified atom stereocenters. The first-order valence-corrected chi connectivity index (χ1v) is 11.4. The van der Waals surface area contributed by atoms with Gasteiger partial charge in [-0.3, -0.25) is 0 Å². The molecule has 2 fully saturated rings. The summed E-state index contributed by atoms with van der Waals surface area (Å²) < 4.78 is 1.52. The van der Waals surface area contributed by atoms with Gasteiger partial charge in [0.05, 0.1) is 17.6 Å². The number of nitrogens with one attached hydrogen (secondary N) is 1. The molecule has 1 aliphatic carbocycles. The van der Waals surface area contributed by atoms with Gasteiger partial charge in [0.15, 0.2) is 0 Å². The van der Waals surface area contributed by atoms with Crippen molar-refractivity contribution in [2.45, 2.75) is 71.4 Å². The van der Waals surface area contributed by atoms with E-state index in [2.05, 4.69) is 36.8 Å². The summed E-state index contributed by atoms with van der Waals surface area (Å²) >= 11 is 0. The second-order valence-corrected chi connectivity index (χ2v) is 8.14. The van der Waals surface area contributed by atoms with Gasteiger partial charge in [-0.1, -0.05) is 51.8 Å². The van der Waals surface area contributed by atoms with E-state index in [1.54, 1.807) is 0 Å². The molecule has 1 radical (unpaired) electrons. The van der Waals surface area contributed by atoms with Crippen molar-refractivity contribution in [1.82, 2.24) is 14.6 Å². The normalized spacial score (nSPS) is 23.7. The maximum atomic E-state index is 8.50. The van der Waals surface area contributed by atoms with E-state index in [4.69, 9.17) is 10.8 Å². The Balaban J connectivity index is 0.00000152. The second kappa shape index (κ2) is 14.3. The van der Waals surface area contributed by atoms with Gasteiger partial charge < -0.3 is 34.3 Å². The fourth-order valence-corrected chi connectivity index (χ4v) is 5.79. The predicted octanol–water partition coefficient (Wildman–Crippen LogP) is 5.53. The number of nitrogens with two attached hydrogens (primary N) is 2. The number of allylic oxidation sites excluding steroid dienone is 1. The van der Waals surface area contributed by atoms with Crippen LogP contribution in [-0.4, -0.2) is 34.7 Å². The van der Waals surface area contributed by atoms with Crippen molar-refractivity contribution in [1.29, 1.82) is 0 Å². The largest absolute Gasteiger partial charge is 0.630 e. The van der Waals surface area contributed by atoms with Crippen LogP contribution in [0.3, 0.4) is 0 Å². The maximum absolute atomic E-state index is 8.50. The predicted molar refractivity (Wildman–Crippen MR) is 134 cm³/mol. The van der Waals surface area contributed by atoms with Crippen LogP contribution in [0.25, 0.3) is 16.9 Å². The molecule has 0 amide bonds. The average Bonchev–Trinajstić information content (AvgIpc) is 3.25. The second-order valence-electron chi connectivity index (χ2n) is 8.14. The van der Waals surface area contributed by atoms with Gasteiger partial charge in [-0.05, 0) is 57.8 Å². The Morgan fingerprint density at radius 2 is 1.75 bits per heavy atom. The Morgan fingerprint density at radius 1 is 1.12 bits per heavy atom. The van der Waals surface area contributed by atoms with Crippen LogP contribution in [0, 0.1) is 18.8 Å². The van der Waals surface area contributed by atoms with Gasteiger partial charge in [0, 0.05) is 49.9 Å². The van der Waals surface area contributed by atoms with Gasteiger partial charge in [0.1, 0.15) is 5.82 Å². The molecule has 2 aromatic rings. The van der Waals surface area contributed by atoms with Crippen LogP contribution in [0.2, 0.25) is 0 Å². The molecule has 1 aliphatic heterocycles. The number of imidazole rings is 1. The van der Waals surface area contributed by atoms with E-state index < -0.39 is 0 Å². The molecule has 1 aromatic carbocycles. The van der Waals surface area contributed by atoms with Gasteiger partial charge >= 0.3 is 0 Å². The summed E-state index contributed by atoms with van der Waals surface area (Å²) in [5, 5.41) is 0. The van der Waals surface area contributed by atoms with Crippen LogP contribution in [0.1, 0.15) is 64.6 Å². The van der Waals surface area contributed by atoms with Crippen molar-refractivity contribution in [3.05, 3.63) is 55.6 Å². The number of fused-ring (bicyclic) bond motifs is 2. The first kappa shape index (κ1) is 31.1. The number of hydrogen-bond acceptors (Lipinski definition) is 4. The molecule has 1 aromatic heterocycles. The molecule has 5 N–H and O–H groups in total. The van der Waals surface area contributed by atoms with Crippen LogP contribution in [0.5, 0.6) is 0 Å². The number of aromatic nitrogens is 2. The summed E-state index contributed by atoms with van der Waals surface area (Å²) in [5.41, 5.74) is 12.4. The molecule has 32 heavy (non-hydrogen) atoms. The average molecular weight is 518 g/mol. The molecule has 4 rings (SSSR count). The summed E-state index contributed by atoms with van der Waals surface area (Å²) in [7, 11) is 3.00. The van der Waals surface area contributed by atoms with Crippen molar-refractivity contribution in [3.63, 3.8) is 0 Å². The van der Waals surface area contributed by atoms with Crippen molar-refractivity contribution in [2.24, 2.45) is 22.8 Å². The number of rotatable bonds is 5. The number of benzene rings is 1. The molecular formula is C25H44N6Y-2. The molecule has 2 heterocycles. The Kier molecular flexibility index (Phi) is 13.9. The first-order valence-electron chi connectivity index (χ1n) is 11.4. The minimum Gasteiger partial charge on any atom is -0.630 e. The van der Waals surface area contributed by atoms with Crippen molar-refractivity contribution < 1.29 is 32.7 Å². The van der Waals surface area contributed by atoms with E-state index in [1.807, 2.05) is 24.3 Å². The molecule has 179 valence electrons. The van der Waals surface area contributed by atoms with Gasteiger partial charge in [-0.15, -0.1) is 0 Å². The van der Waals surface area contributed by atoms with Crippen molar-refractivity contribution >= 4 is 11.0 Å². The summed E-state index contributed by atoms with van der Waals surface area (Å²) in [6.45, 7) is 9.97. The third-order valence-electron chi connectivity index (χ3n) is 7.03. The number of likely N-dealkylation sites (tertiary alicyclic amines) is 1. The standard InChI is InChI=1S/C22H31N4.2CH5N.CH3.Y/c1-4-14-22(5-2)16(3)25(19-12-8-6-10-17(19)22)15-21-24-18-11-7-9-13-20(18)26(21)23;2*1-2;;/h7,9,11,13,17,19,23H,3-6,8,10,12,14-15H2,1-2H3;2*2H2,1H3;1H3;/q-1;;;-1;. The quantitative estimate of drug-likeness (QED) is 0.510. The molecule has 3 atom stereocenters. The van der Waals surface area contributed by atoms with Crippen molar-refractivity contribution in [2.75, 3.05) is 14.1 Å². The molecular weight excluding hydrogens is 473 g/mol. The van der Waals surface area contributed by atoms with Crippen LogP contribution in [0.15, 0.2) is 36.5 Å². The van der Waals surface area contributed by atoms with Gasteiger partial charge in [-0.2, -0.15) is 0 Å². The SMILES string of the molecule is C=C1N(Cc2nc3ccccc3n2[NH-])C2CCCCC2C1(CC)CCC.CN.CN.[CH3-].[Y]. The van der Waals surface area contributed by atoms with Crippen LogP contribution in [0.4, 0.5) is 0 Å². The summed E-state index contributed by atoms with van der Waals surface area (Å²) in [6.07, 6.45) is 8.87. The first-order chi connectivity index (χ1) is 14.6. The van der Waals surface area contributed by atoms with E-state index >= 15 is 0 Å². The summed E-state index contributed by atoms with van der Waals surface area (Å²) in [6, 6.07) is 8.53. The summed E-state index contributed by atoms with van der Waals surface area (Å²) in [4.78, 5) is 7.28. The minimum atomic E-state index is 0. The molecule has 0 bridgehead atoms. The summed E-state index contributed by atoms with van der Waals surface area (Å²) in [5.74, 6) is 10.1. The third-order valence-corrected chi connectivity index (χ3v) is 7.03. The fraction of sp³-hybridized carbons (Fsp3) is 0.600. The number of para-hydroxylation sites is 2. The van der Waals surface area contributed by atoms with Gasteiger partial charge in [-0.25, -0.2) is 4.98 Å². The molecule has 6 nitrogen and oxygen atoms in total. The molecule has 1 saturated carbocycles. The van der Waals surface area contributed by atoms with Gasteiger partial charge in [0.25, 0.3) is 0 Å². The van der Waals surface area contributed by atoms with E-state index in [0.717, 1.165) is 22.8 Å². The minimum absolute atomic E-state index is 0. The van der Waals surface area contributed by atoms with E-state index in [-0.39, 0.29) is 45.6 Å². The number of hydrogen-bond donors (Lipinski definition) is 2. The molecule has 7 heteroatoms. The van der Waals surface area contributed by atoms with Crippen LogP contribution < -0.4 is 11.5 Å². The topological polar surface area (TPSA) is 96.9 Å². The fourth-order valence-electron chi connectivity index (χ4n) is 5.79. The van der Waals surface area contributed by atoms with Gasteiger partial charge in [0.2, 0.25) is 0 Å². The monoisotopic (exact) mass is 517 g/mol. The molecule has 1 saturated heterocycles. The van der Waals surface area contributed by atoms with E-state index in [9.17, 15) is 0 Å². The Labute approximate surface area is 221 Å². The van der Waals surface area contributed by atoms with E-state index in [1.165, 1.54) is 69.4 Å². The van der Waals surface area contributed by atoms with Crippen LogP contribution >= 0.6 is 0 Å². The zero-order valence-electron chi connectivity index (χ0n) is 20.9. The Morgan fingerprint density at radius 3 is 2.34 bits per heavy atom. The molecule has 2 aliphatic rings. The Bertz CT molecular complexity index is 820. The van der Waals surface area contributed by atoms with E-state index in [0.29, 0.717) is 12.6 Å². The third kappa shape index (κ3) is 5.57. The van der Waals surface area contributed by atoms with Crippen LogP contribution in [-0.2, 0) is 39.3 Å². The Hall–Kier alpha value is -0.946. The number of nitrogens with zero attached hydrogens (tertiary/aromatic N) is 3. The zero-order valence-corrected chi connectivity index (χ0v) is 23.7. The van der Waals surface area contributed by atoms with Crippen molar-refractivity contribution in [3.8, 4) is 0 Å². The maximum Gasteiger partial charge on any atom is 0.115 e. The molecule has 0 spiro atoms. The zero-order chi connectivity index (χ0) is 22.3. The smallest absolute Gasteiger partial charge is 0.115 e.